The zero-order valence-electron chi connectivity index (χ0n) is 47.6. The summed E-state index contributed by atoms with van der Waals surface area (Å²) >= 11 is 0. The Morgan fingerprint density at radius 2 is 0.534 bits per heavy atom. The molecular weight excluding hydrogens is 901 g/mol. The van der Waals surface area contributed by atoms with Crippen LogP contribution in [0.3, 0.4) is 0 Å². The van der Waals surface area contributed by atoms with Crippen molar-refractivity contribution in [2.45, 2.75) is 284 Å². The highest BCUT2D eigenvalue weighted by molar-refractivity contribution is 5.71. The van der Waals surface area contributed by atoms with Crippen LogP contribution >= 0.6 is 0 Å². The van der Waals surface area contributed by atoms with Crippen molar-refractivity contribution in [3.05, 3.63) is 109 Å². The molecule has 0 spiro atoms. The van der Waals surface area contributed by atoms with Crippen LogP contribution in [0.4, 0.5) is 0 Å². The Morgan fingerprint density at radius 1 is 0.288 bits per heavy atom. The molecule has 0 aromatic heterocycles. The molecule has 1 unspecified atom stereocenters. The van der Waals surface area contributed by atoms with E-state index >= 15 is 0 Å². The van der Waals surface area contributed by atoms with E-state index in [1.807, 2.05) is 0 Å². The zero-order valence-corrected chi connectivity index (χ0v) is 47.6. The second-order valence-corrected chi connectivity index (χ2v) is 19.9. The van der Waals surface area contributed by atoms with Crippen LogP contribution in [0, 0.1) is 0 Å². The van der Waals surface area contributed by atoms with Crippen molar-refractivity contribution in [3.8, 4) is 0 Å². The van der Waals surface area contributed by atoms with Crippen LogP contribution in [0.2, 0.25) is 0 Å². The van der Waals surface area contributed by atoms with Crippen LogP contribution in [0.1, 0.15) is 278 Å². The molecule has 0 aromatic rings. The summed E-state index contributed by atoms with van der Waals surface area (Å²) in [5, 5.41) is 0. The highest BCUT2D eigenvalue weighted by Crippen LogP contribution is 2.14. The number of carbonyl (C=O) groups excluding carboxylic acids is 3. The quantitative estimate of drug-likeness (QED) is 0.0261. The number of allylic oxidation sites excluding steroid dienone is 18. The van der Waals surface area contributed by atoms with Crippen molar-refractivity contribution < 1.29 is 28.6 Å². The van der Waals surface area contributed by atoms with Gasteiger partial charge < -0.3 is 14.2 Å². The second kappa shape index (κ2) is 60.6. The van der Waals surface area contributed by atoms with Gasteiger partial charge in [0.15, 0.2) is 6.10 Å². The highest BCUT2D eigenvalue weighted by Gasteiger charge is 2.19. The Morgan fingerprint density at radius 3 is 0.877 bits per heavy atom. The van der Waals surface area contributed by atoms with Crippen molar-refractivity contribution in [1.29, 1.82) is 0 Å². The first kappa shape index (κ1) is 69.1. The van der Waals surface area contributed by atoms with E-state index in [0.29, 0.717) is 19.3 Å². The van der Waals surface area contributed by atoms with E-state index in [1.54, 1.807) is 0 Å². The van der Waals surface area contributed by atoms with Gasteiger partial charge in [0.2, 0.25) is 0 Å². The maximum Gasteiger partial charge on any atom is 0.306 e. The number of hydrogen-bond acceptors (Lipinski definition) is 6. The molecule has 0 aliphatic carbocycles. The maximum absolute atomic E-state index is 12.9. The van der Waals surface area contributed by atoms with Gasteiger partial charge in [0, 0.05) is 19.3 Å². The highest BCUT2D eigenvalue weighted by atomic mass is 16.6. The third kappa shape index (κ3) is 58.8. The molecule has 0 N–H and O–H groups in total. The first-order chi connectivity index (χ1) is 36.0. The van der Waals surface area contributed by atoms with E-state index in [-0.39, 0.29) is 31.1 Å². The molecule has 416 valence electrons. The van der Waals surface area contributed by atoms with Gasteiger partial charge in [-0.15, -0.1) is 0 Å². The van der Waals surface area contributed by atoms with Gasteiger partial charge in [-0.3, -0.25) is 14.4 Å². The van der Waals surface area contributed by atoms with Gasteiger partial charge in [-0.1, -0.05) is 239 Å². The van der Waals surface area contributed by atoms with Crippen LogP contribution in [0.5, 0.6) is 0 Å². The van der Waals surface area contributed by atoms with E-state index in [4.69, 9.17) is 14.2 Å². The van der Waals surface area contributed by atoms with Crippen molar-refractivity contribution in [2.75, 3.05) is 13.2 Å². The van der Waals surface area contributed by atoms with Gasteiger partial charge in [-0.05, 0) is 128 Å². The lowest BCUT2D eigenvalue weighted by Crippen LogP contribution is -2.30. The molecule has 0 aromatic carbocycles. The standard InChI is InChI=1S/C67H112O6/c1-4-7-10-13-16-19-22-25-28-30-32-33-35-36-39-42-45-48-51-54-57-60-66(69)72-63-64(62-71-65(68)59-56-53-50-47-44-41-38-27-24-21-18-15-12-9-6-3)73-67(70)61-58-55-52-49-46-43-40-37-34-31-29-26-23-20-17-14-11-8-5-2/h7,10,16-17,19-20,25-29,32-34,36-39,64H,4-6,8-9,11-15,18,21-24,30-31,35,40-63H2,1-3H3/b10-7-,19-16-,20-17-,28-25-,29-26-,33-32-,37-34-,38-27-,39-36-. The predicted octanol–water partition coefficient (Wildman–Crippen LogP) is 20.7. The second-order valence-electron chi connectivity index (χ2n) is 19.9. The van der Waals surface area contributed by atoms with E-state index in [2.05, 4.69) is 130 Å². The molecule has 0 rings (SSSR count). The van der Waals surface area contributed by atoms with Crippen molar-refractivity contribution in [3.63, 3.8) is 0 Å². The molecule has 1 atom stereocenters. The summed E-state index contributed by atoms with van der Waals surface area (Å²) in [6, 6.07) is 0. The summed E-state index contributed by atoms with van der Waals surface area (Å²) in [5.74, 6) is -0.931. The monoisotopic (exact) mass is 1010 g/mol. The molecule has 6 nitrogen and oxygen atoms in total. The topological polar surface area (TPSA) is 78.9 Å². The summed E-state index contributed by atoms with van der Waals surface area (Å²) in [7, 11) is 0. The van der Waals surface area contributed by atoms with Crippen molar-refractivity contribution in [1.82, 2.24) is 0 Å². The van der Waals surface area contributed by atoms with Crippen LogP contribution in [0.25, 0.3) is 0 Å². The molecule has 0 radical (unpaired) electrons. The van der Waals surface area contributed by atoms with Gasteiger partial charge >= 0.3 is 17.9 Å². The smallest absolute Gasteiger partial charge is 0.306 e. The third-order valence-corrected chi connectivity index (χ3v) is 12.7. The number of hydrogen-bond donors (Lipinski definition) is 0. The fraction of sp³-hybridized carbons (Fsp3) is 0.687. The lowest BCUT2D eigenvalue weighted by molar-refractivity contribution is -0.167. The first-order valence-electron chi connectivity index (χ1n) is 30.4. The molecule has 6 heteroatoms. The van der Waals surface area contributed by atoms with Gasteiger partial charge in [-0.2, -0.15) is 0 Å². The Balaban J connectivity index is 4.47. The molecule has 0 aliphatic heterocycles. The van der Waals surface area contributed by atoms with Crippen LogP contribution in [0.15, 0.2) is 109 Å². The van der Waals surface area contributed by atoms with Gasteiger partial charge in [-0.25, -0.2) is 0 Å². The summed E-state index contributed by atoms with van der Waals surface area (Å²) in [6.45, 7) is 6.47. The van der Waals surface area contributed by atoms with E-state index in [0.717, 1.165) is 141 Å². The third-order valence-electron chi connectivity index (χ3n) is 12.7. The van der Waals surface area contributed by atoms with Crippen molar-refractivity contribution >= 4 is 17.9 Å². The molecule has 0 saturated carbocycles. The number of ether oxygens (including phenoxy) is 3. The number of rotatable bonds is 54. The number of carbonyl (C=O) groups is 3. The summed E-state index contributed by atoms with van der Waals surface area (Å²) in [6.07, 6.45) is 82.2. The van der Waals surface area contributed by atoms with Crippen LogP contribution in [-0.2, 0) is 28.6 Å². The Kier molecular flexibility index (Phi) is 57.4. The Bertz CT molecular complexity index is 1490. The van der Waals surface area contributed by atoms with E-state index in [9.17, 15) is 14.4 Å². The van der Waals surface area contributed by atoms with Crippen molar-refractivity contribution in [2.24, 2.45) is 0 Å². The number of esters is 3. The lowest BCUT2D eigenvalue weighted by Gasteiger charge is -2.18. The predicted molar refractivity (Wildman–Crippen MR) is 316 cm³/mol. The fourth-order valence-electron chi connectivity index (χ4n) is 8.18. The minimum absolute atomic E-state index is 0.0952. The molecule has 0 heterocycles. The molecule has 0 aliphatic rings. The zero-order chi connectivity index (χ0) is 52.9. The maximum atomic E-state index is 12.9. The molecule has 0 saturated heterocycles. The van der Waals surface area contributed by atoms with Gasteiger partial charge in [0.1, 0.15) is 13.2 Å². The molecule has 0 fully saturated rings. The summed E-state index contributed by atoms with van der Waals surface area (Å²) < 4.78 is 16.9. The van der Waals surface area contributed by atoms with Crippen LogP contribution < -0.4 is 0 Å². The minimum atomic E-state index is -0.800. The number of unbranched alkanes of at least 4 members (excludes halogenated alkanes) is 25. The molecular formula is C67H112O6. The largest absolute Gasteiger partial charge is 0.462 e. The lowest BCUT2D eigenvalue weighted by atomic mass is 10.1. The summed E-state index contributed by atoms with van der Waals surface area (Å²) in [4.78, 5) is 38.3. The molecule has 0 amide bonds. The van der Waals surface area contributed by atoms with E-state index < -0.39 is 6.10 Å². The first-order valence-corrected chi connectivity index (χ1v) is 30.4. The van der Waals surface area contributed by atoms with Gasteiger partial charge in [0.05, 0.1) is 0 Å². The SMILES string of the molecule is CC/C=C\C/C=C\C/C=C\C/C=C\C/C=C\CCCCCCCC(=O)OCC(COC(=O)CCCCCCC/C=C\CCCCCCCC)OC(=O)CCCCCCCC/C=C\C/C=C\C/C=C\CCCCC. The average Bonchev–Trinajstić information content (AvgIpc) is 3.39. The minimum Gasteiger partial charge on any atom is -0.462 e. The van der Waals surface area contributed by atoms with Crippen LogP contribution in [-0.4, -0.2) is 37.2 Å². The molecule has 0 bridgehead atoms. The fourth-order valence-corrected chi connectivity index (χ4v) is 8.18. The Hall–Kier alpha value is -3.93. The van der Waals surface area contributed by atoms with E-state index in [1.165, 1.54) is 96.3 Å². The average molecular weight is 1010 g/mol. The summed E-state index contributed by atoms with van der Waals surface area (Å²) in [5.41, 5.74) is 0. The molecule has 73 heavy (non-hydrogen) atoms. The Labute approximate surface area is 450 Å². The normalized spacial score (nSPS) is 12.9. The van der Waals surface area contributed by atoms with Gasteiger partial charge in [0.25, 0.3) is 0 Å².